The monoisotopic (exact) mass is 442 g/mol. The Morgan fingerprint density at radius 1 is 1.19 bits per heavy atom. The predicted octanol–water partition coefficient (Wildman–Crippen LogP) is 2.21. The van der Waals surface area contributed by atoms with E-state index in [9.17, 15) is 19.5 Å². The zero-order valence-electron chi connectivity index (χ0n) is 19.0. The fourth-order valence-corrected chi connectivity index (χ4v) is 4.91. The molecule has 2 N–H and O–H groups in total. The van der Waals surface area contributed by atoms with Gasteiger partial charge < -0.3 is 25.1 Å². The van der Waals surface area contributed by atoms with Crippen LogP contribution >= 0.6 is 0 Å². The van der Waals surface area contributed by atoms with Crippen molar-refractivity contribution in [2.75, 3.05) is 38.0 Å². The van der Waals surface area contributed by atoms with Gasteiger partial charge in [0.25, 0.3) is 0 Å². The Hall–Kier alpha value is -2.61. The predicted molar refractivity (Wildman–Crippen MR) is 121 cm³/mol. The zero-order chi connectivity index (χ0) is 22.9. The summed E-state index contributed by atoms with van der Waals surface area (Å²) in [5, 5.41) is 13.2. The van der Waals surface area contributed by atoms with Crippen LogP contribution in [0, 0.1) is 12.3 Å². The second-order valence-corrected chi connectivity index (χ2v) is 9.57. The number of hydrogen-bond acceptors (Lipinski definition) is 4. The Labute approximate surface area is 189 Å². The van der Waals surface area contributed by atoms with Crippen molar-refractivity contribution in [1.82, 2.24) is 14.7 Å². The average molecular weight is 443 g/mol. The molecule has 2 heterocycles. The third kappa shape index (κ3) is 4.75. The summed E-state index contributed by atoms with van der Waals surface area (Å²) in [4.78, 5) is 43.1. The van der Waals surface area contributed by atoms with Crippen LogP contribution in [0.3, 0.4) is 0 Å². The van der Waals surface area contributed by atoms with Crippen molar-refractivity contribution in [3.05, 3.63) is 29.8 Å². The number of nitrogens with one attached hydrogen (secondary N) is 1. The number of aryl methyl sites for hydroxylation is 1. The molecule has 3 fully saturated rings. The van der Waals surface area contributed by atoms with E-state index in [1.54, 1.807) is 21.6 Å². The Morgan fingerprint density at radius 2 is 1.97 bits per heavy atom. The highest BCUT2D eigenvalue weighted by Gasteiger charge is 2.51. The van der Waals surface area contributed by atoms with Crippen molar-refractivity contribution in [3.63, 3.8) is 0 Å². The Balaban J connectivity index is 1.22. The molecule has 8 nitrogen and oxygen atoms in total. The van der Waals surface area contributed by atoms with Crippen LogP contribution in [0.4, 0.5) is 10.5 Å². The summed E-state index contributed by atoms with van der Waals surface area (Å²) in [5.41, 5.74) is 1.86. The molecule has 1 aromatic rings. The molecule has 1 saturated carbocycles. The number of piperazine rings is 1. The van der Waals surface area contributed by atoms with Gasteiger partial charge in [-0.05, 0) is 62.6 Å². The number of hydrogen-bond donors (Lipinski definition) is 2. The lowest BCUT2D eigenvalue weighted by Gasteiger charge is -2.39. The van der Waals surface area contributed by atoms with Crippen LogP contribution in [-0.2, 0) is 9.59 Å². The molecule has 32 heavy (non-hydrogen) atoms. The molecule has 4 rings (SSSR count). The topological polar surface area (TPSA) is 93.2 Å². The van der Waals surface area contributed by atoms with Crippen LogP contribution in [0.1, 0.15) is 44.6 Å². The third-order valence-electron chi connectivity index (χ3n) is 7.32. The fourth-order valence-electron chi connectivity index (χ4n) is 4.91. The number of rotatable bonds is 5. The number of benzene rings is 1. The van der Waals surface area contributed by atoms with Gasteiger partial charge in [-0.2, -0.15) is 0 Å². The first kappa shape index (κ1) is 22.6. The molecule has 0 radical (unpaired) electrons. The maximum absolute atomic E-state index is 12.8. The summed E-state index contributed by atoms with van der Waals surface area (Å²) in [6, 6.07) is 6.75. The van der Waals surface area contributed by atoms with Crippen molar-refractivity contribution in [2.24, 2.45) is 5.41 Å². The molecular weight excluding hydrogens is 408 g/mol. The van der Waals surface area contributed by atoms with Crippen LogP contribution in [0.2, 0.25) is 0 Å². The van der Waals surface area contributed by atoms with Gasteiger partial charge in [-0.1, -0.05) is 12.1 Å². The fraction of sp³-hybridized carbons (Fsp3) is 0.625. The van der Waals surface area contributed by atoms with Crippen LogP contribution in [0.5, 0.6) is 0 Å². The molecule has 1 aromatic carbocycles. The number of nitrogens with zero attached hydrogens (tertiary/aromatic N) is 3. The van der Waals surface area contributed by atoms with E-state index >= 15 is 0 Å². The van der Waals surface area contributed by atoms with E-state index in [-0.39, 0.29) is 23.3 Å². The summed E-state index contributed by atoms with van der Waals surface area (Å²) < 4.78 is 0. The van der Waals surface area contributed by atoms with Gasteiger partial charge in [-0.15, -0.1) is 0 Å². The third-order valence-corrected chi connectivity index (χ3v) is 7.32. The molecule has 1 aliphatic carbocycles. The summed E-state index contributed by atoms with van der Waals surface area (Å²) in [6.07, 6.45) is 3.60. The molecule has 8 heteroatoms. The summed E-state index contributed by atoms with van der Waals surface area (Å²) >= 11 is 0. The molecule has 0 unspecified atom stereocenters. The minimum Gasteiger partial charge on any atom is -0.391 e. The van der Waals surface area contributed by atoms with Gasteiger partial charge in [-0.3, -0.25) is 9.59 Å². The van der Waals surface area contributed by atoms with Gasteiger partial charge >= 0.3 is 6.03 Å². The van der Waals surface area contributed by atoms with Gasteiger partial charge in [0.15, 0.2) is 0 Å². The number of piperidine rings is 1. The van der Waals surface area contributed by atoms with E-state index in [1.807, 2.05) is 31.2 Å². The van der Waals surface area contributed by atoms with Gasteiger partial charge in [-0.25, -0.2) is 4.79 Å². The number of amides is 4. The van der Waals surface area contributed by atoms with Crippen molar-refractivity contribution >= 4 is 23.5 Å². The van der Waals surface area contributed by atoms with Gasteiger partial charge in [0.2, 0.25) is 11.8 Å². The van der Waals surface area contributed by atoms with Gasteiger partial charge in [0, 0.05) is 44.8 Å². The van der Waals surface area contributed by atoms with Gasteiger partial charge in [0.05, 0.1) is 6.10 Å². The van der Waals surface area contributed by atoms with Crippen molar-refractivity contribution < 1.29 is 19.5 Å². The number of likely N-dealkylation sites (tertiary alicyclic amines) is 1. The molecule has 0 bridgehead atoms. The minimum atomic E-state index is -0.545. The van der Waals surface area contributed by atoms with E-state index in [1.165, 1.54) is 0 Å². The van der Waals surface area contributed by atoms with Crippen LogP contribution < -0.4 is 5.32 Å². The smallest absolute Gasteiger partial charge is 0.322 e. The first-order valence-corrected chi connectivity index (χ1v) is 11.7. The lowest BCUT2D eigenvalue weighted by Crippen LogP contribution is -2.58. The van der Waals surface area contributed by atoms with E-state index in [2.05, 4.69) is 5.32 Å². The summed E-state index contributed by atoms with van der Waals surface area (Å²) in [6.45, 7) is 6.29. The number of anilines is 1. The molecule has 0 aromatic heterocycles. The van der Waals surface area contributed by atoms with E-state index in [0.717, 1.165) is 31.4 Å². The molecule has 4 amide bonds. The van der Waals surface area contributed by atoms with Gasteiger partial charge in [0.1, 0.15) is 6.04 Å². The maximum Gasteiger partial charge on any atom is 0.322 e. The van der Waals surface area contributed by atoms with Crippen molar-refractivity contribution in [3.8, 4) is 0 Å². The number of aliphatic hydroxyl groups is 1. The average Bonchev–Trinajstić information content (AvgIpc) is 3.54. The highest BCUT2D eigenvalue weighted by Crippen LogP contribution is 2.53. The SMILES string of the molecule is Cc1cccc(NC(=O)N2CCN(CCCC(=O)N3CCC4(CC4)[C@H](O)C3)C(=O)[C@@H]2C)c1. The molecular formula is C24H34N4O4. The normalized spacial score (nSPS) is 24.6. The lowest BCUT2D eigenvalue weighted by molar-refractivity contribution is -0.140. The molecule has 2 aliphatic heterocycles. The molecule has 2 atom stereocenters. The first-order valence-electron chi connectivity index (χ1n) is 11.7. The number of carbonyl (C=O) groups is 3. The van der Waals surface area contributed by atoms with Crippen molar-refractivity contribution in [2.45, 2.75) is 58.1 Å². The highest BCUT2D eigenvalue weighted by atomic mass is 16.3. The molecule has 1 spiro atoms. The van der Waals surface area contributed by atoms with Crippen LogP contribution in [0.15, 0.2) is 24.3 Å². The Kier molecular flexibility index (Phi) is 6.42. The highest BCUT2D eigenvalue weighted by molar-refractivity contribution is 5.94. The standard InChI is InChI=1S/C24H34N4O4/c1-17-5-3-6-19(15-17)25-23(32)28-14-13-26(22(31)18(28)2)11-4-7-21(30)27-12-10-24(8-9-24)20(29)16-27/h3,5-6,15,18,20,29H,4,7-14,16H2,1-2H3,(H,25,32)/t18-,20+/m0/s1. The van der Waals surface area contributed by atoms with E-state index < -0.39 is 12.1 Å². The van der Waals surface area contributed by atoms with E-state index in [0.29, 0.717) is 44.7 Å². The number of aliphatic hydroxyl groups excluding tert-OH is 1. The maximum atomic E-state index is 12.8. The molecule has 174 valence electrons. The summed E-state index contributed by atoms with van der Waals surface area (Å²) in [7, 11) is 0. The summed E-state index contributed by atoms with van der Waals surface area (Å²) in [5.74, 6) is -0.0385. The quantitative estimate of drug-likeness (QED) is 0.731. The van der Waals surface area contributed by atoms with Crippen LogP contribution in [-0.4, -0.2) is 82.5 Å². The number of urea groups is 1. The zero-order valence-corrected chi connectivity index (χ0v) is 19.0. The lowest BCUT2D eigenvalue weighted by atomic mass is 9.90. The number of β-amino-alcohol motifs (C(OH)–C–C–N with tert-alkyl or cyclic N) is 1. The molecule has 3 aliphatic rings. The Bertz CT molecular complexity index is 885. The van der Waals surface area contributed by atoms with Crippen LogP contribution in [0.25, 0.3) is 0 Å². The minimum absolute atomic E-state index is 0.0521. The van der Waals surface area contributed by atoms with Crippen molar-refractivity contribution in [1.29, 1.82) is 0 Å². The second-order valence-electron chi connectivity index (χ2n) is 9.57. The van der Waals surface area contributed by atoms with E-state index in [4.69, 9.17) is 0 Å². The number of carbonyl (C=O) groups excluding carboxylic acids is 3. The largest absolute Gasteiger partial charge is 0.391 e. The first-order chi connectivity index (χ1) is 15.3. The second kappa shape index (κ2) is 9.10. The molecule has 2 saturated heterocycles. The Morgan fingerprint density at radius 3 is 2.66 bits per heavy atom.